The standard InChI is InChI=1S/C23H20ClNO5S/c1-3-22(26)16-10-12-20(13-11-16)30-23(27)17-6-4-9-21(14-17)31(28,29)25(2)19-8-5-7-18(24)15-19/h4-15H,3H2,1-2H3. The molecule has 3 rings (SSSR count). The maximum atomic E-state index is 13.0. The number of halogens is 1. The SMILES string of the molecule is CCC(=O)c1ccc(OC(=O)c2cccc(S(=O)(=O)N(C)c3cccc(Cl)c3)c2)cc1. The Morgan fingerprint density at radius 2 is 1.61 bits per heavy atom. The van der Waals surface area contributed by atoms with E-state index in [1.165, 1.54) is 49.5 Å². The molecule has 0 radical (unpaired) electrons. The third kappa shape index (κ3) is 5.13. The van der Waals surface area contributed by atoms with Crippen LogP contribution in [-0.4, -0.2) is 27.2 Å². The minimum absolute atomic E-state index is 0.0143. The van der Waals surface area contributed by atoms with Gasteiger partial charge in [0.2, 0.25) is 0 Å². The van der Waals surface area contributed by atoms with Crippen molar-refractivity contribution in [3.05, 3.63) is 88.9 Å². The Morgan fingerprint density at radius 1 is 0.935 bits per heavy atom. The molecule has 160 valence electrons. The highest BCUT2D eigenvalue weighted by atomic mass is 35.5. The van der Waals surface area contributed by atoms with Crippen LogP contribution in [0, 0.1) is 0 Å². The molecule has 31 heavy (non-hydrogen) atoms. The summed E-state index contributed by atoms with van der Waals surface area (Å²) in [5.74, 6) is -0.474. The molecular formula is C23H20ClNO5S. The number of hydrogen-bond donors (Lipinski definition) is 0. The Balaban J connectivity index is 1.82. The number of sulfonamides is 1. The Morgan fingerprint density at radius 3 is 2.26 bits per heavy atom. The van der Waals surface area contributed by atoms with Crippen LogP contribution in [0.5, 0.6) is 5.75 Å². The fourth-order valence-electron chi connectivity index (χ4n) is 2.83. The molecule has 0 aliphatic carbocycles. The molecule has 0 fully saturated rings. The van der Waals surface area contributed by atoms with Crippen LogP contribution in [-0.2, 0) is 10.0 Å². The highest BCUT2D eigenvalue weighted by Crippen LogP contribution is 2.25. The maximum absolute atomic E-state index is 13.0. The van der Waals surface area contributed by atoms with Crippen LogP contribution in [0.15, 0.2) is 77.7 Å². The smallest absolute Gasteiger partial charge is 0.343 e. The normalized spacial score (nSPS) is 11.1. The molecule has 0 heterocycles. The van der Waals surface area contributed by atoms with Gasteiger partial charge in [-0.1, -0.05) is 30.7 Å². The first-order chi connectivity index (χ1) is 14.7. The molecule has 6 nitrogen and oxygen atoms in total. The van der Waals surface area contributed by atoms with Gasteiger partial charge in [-0.15, -0.1) is 0 Å². The fraction of sp³-hybridized carbons (Fsp3) is 0.130. The van der Waals surface area contributed by atoms with Gasteiger partial charge in [-0.25, -0.2) is 13.2 Å². The fourth-order valence-corrected chi connectivity index (χ4v) is 4.25. The lowest BCUT2D eigenvalue weighted by Gasteiger charge is -2.20. The third-order valence-corrected chi connectivity index (χ3v) is 6.62. The number of carbonyl (C=O) groups excluding carboxylic acids is 2. The van der Waals surface area contributed by atoms with Crippen LogP contribution >= 0.6 is 11.6 Å². The number of nitrogens with zero attached hydrogens (tertiary/aromatic N) is 1. The molecule has 0 amide bonds. The monoisotopic (exact) mass is 457 g/mol. The van der Waals surface area contributed by atoms with Crippen molar-refractivity contribution in [3.63, 3.8) is 0 Å². The lowest BCUT2D eigenvalue weighted by Crippen LogP contribution is -2.26. The molecule has 0 saturated carbocycles. The molecular weight excluding hydrogens is 438 g/mol. The second kappa shape index (κ2) is 9.32. The molecule has 3 aromatic rings. The largest absolute Gasteiger partial charge is 0.423 e. The van der Waals surface area contributed by atoms with Crippen LogP contribution in [0.25, 0.3) is 0 Å². The van der Waals surface area contributed by atoms with Crippen molar-refractivity contribution in [3.8, 4) is 5.75 Å². The van der Waals surface area contributed by atoms with Crippen molar-refractivity contribution >= 4 is 39.1 Å². The van der Waals surface area contributed by atoms with E-state index in [1.54, 1.807) is 37.3 Å². The second-order valence-corrected chi connectivity index (χ2v) is 9.08. The van der Waals surface area contributed by atoms with E-state index < -0.39 is 16.0 Å². The second-order valence-electron chi connectivity index (χ2n) is 6.67. The average molecular weight is 458 g/mol. The molecule has 0 spiro atoms. The minimum Gasteiger partial charge on any atom is -0.423 e. The molecule has 0 unspecified atom stereocenters. The van der Waals surface area contributed by atoms with Gasteiger partial charge in [-0.3, -0.25) is 9.10 Å². The summed E-state index contributed by atoms with van der Waals surface area (Å²) in [6, 6.07) is 18.2. The molecule has 8 heteroatoms. The van der Waals surface area contributed by atoms with Crippen molar-refractivity contribution < 1.29 is 22.7 Å². The summed E-state index contributed by atoms with van der Waals surface area (Å²) in [6.07, 6.45) is 0.379. The predicted molar refractivity (Wildman–Crippen MR) is 120 cm³/mol. The Hall–Kier alpha value is -3.16. The molecule has 0 bridgehead atoms. The highest BCUT2D eigenvalue weighted by Gasteiger charge is 2.23. The lowest BCUT2D eigenvalue weighted by molar-refractivity contribution is 0.0734. The van der Waals surface area contributed by atoms with E-state index in [0.717, 1.165) is 4.31 Å². The molecule has 0 aliphatic rings. The van der Waals surface area contributed by atoms with Crippen molar-refractivity contribution in [2.24, 2.45) is 0 Å². The number of esters is 1. The van der Waals surface area contributed by atoms with E-state index >= 15 is 0 Å². The number of Topliss-reactive ketones (excluding diaryl/α,β-unsaturated/α-hetero) is 1. The molecule has 3 aromatic carbocycles. The minimum atomic E-state index is -3.93. The number of anilines is 1. The zero-order valence-electron chi connectivity index (χ0n) is 16.9. The lowest BCUT2D eigenvalue weighted by atomic mass is 10.1. The zero-order chi connectivity index (χ0) is 22.6. The summed E-state index contributed by atoms with van der Waals surface area (Å²) in [7, 11) is -2.52. The van der Waals surface area contributed by atoms with E-state index in [4.69, 9.17) is 16.3 Å². The number of hydrogen-bond acceptors (Lipinski definition) is 5. The first-order valence-corrected chi connectivity index (χ1v) is 11.2. The summed E-state index contributed by atoms with van der Waals surface area (Å²) < 4.78 is 32.4. The Labute approximate surface area is 186 Å². The molecule has 0 aliphatic heterocycles. The van der Waals surface area contributed by atoms with Crippen molar-refractivity contribution in [2.45, 2.75) is 18.2 Å². The van der Waals surface area contributed by atoms with Crippen molar-refractivity contribution in [1.82, 2.24) is 0 Å². The summed E-state index contributed by atoms with van der Waals surface area (Å²) in [6.45, 7) is 1.77. The quantitative estimate of drug-likeness (QED) is 0.284. The maximum Gasteiger partial charge on any atom is 0.343 e. The summed E-state index contributed by atoms with van der Waals surface area (Å²) >= 11 is 5.96. The van der Waals surface area contributed by atoms with Gasteiger partial charge in [-0.2, -0.15) is 0 Å². The third-order valence-electron chi connectivity index (χ3n) is 4.61. The summed E-state index contributed by atoms with van der Waals surface area (Å²) in [5, 5.41) is 0.406. The van der Waals surface area contributed by atoms with Gasteiger partial charge >= 0.3 is 5.97 Å². The Bertz CT molecular complexity index is 1220. The van der Waals surface area contributed by atoms with Gasteiger partial charge < -0.3 is 4.74 Å². The number of rotatable bonds is 7. The predicted octanol–water partition coefficient (Wildman–Crippen LogP) is 4.98. The highest BCUT2D eigenvalue weighted by molar-refractivity contribution is 7.92. The zero-order valence-corrected chi connectivity index (χ0v) is 18.5. The summed E-state index contributed by atoms with van der Waals surface area (Å²) in [4.78, 5) is 24.2. The van der Waals surface area contributed by atoms with Crippen LogP contribution in [0.3, 0.4) is 0 Å². The first-order valence-electron chi connectivity index (χ1n) is 9.42. The Kier molecular flexibility index (Phi) is 6.77. The van der Waals surface area contributed by atoms with E-state index in [1.807, 2.05) is 0 Å². The first kappa shape index (κ1) is 22.5. The van der Waals surface area contributed by atoms with Crippen molar-refractivity contribution in [1.29, 1.82) is 0 Å². The van der Waals surface area contributed by atoms with Gasteiger partial charge in [0.25, 0.3) is 10.0 Å². The number of carbonyl (C=O) groups is 2. The number of ether oxygens (including phenoxy) is 1. The van der Waals surface area contributed by atoms with Crippen LogP contribution in [0.4, 0.5) is 5.69 Å². The van der Waals surface area contributed by atoms with Gasteiger partial charge in [0.05, 0.1) is 16.1 Å². The van der Waals surface area contributed by atoms with E-state index in [-0.39, 0.29) is 22.0 Å². The number of benzene rings is 3. The molecule has 0 saturated heterocycles. The van der Waals surface area contributed by atoms with E-state index in [9.17, 15) is 18.0 Å². The topological polar surface area (TPSA) is 80.8 Å². The van der Waals surface area contributed by atoms with Crippen LogP contribution in [0.2, 0.25) is 5.02 Å². The van der Waals surface area contributed by atoms with Gasteiger partial charge in [0.1, 0.15) is 5.75 Å². The molecule has 0 N–H and O–H groups in total. The van der Waals surface area contributed by atoms with E-state index in [2.05, 4.69) is 0 Å². The molecule has 0 atom stereocenters. The molecule has 0 aromatic heterocycles. The summed E-state index contributed by atoms with van der Waals surface area (Å²) in [5.41, 5.74) is 0.996. The van der Waals surface area contributed by atoms with Gasteiger partial charge in [-0.05, 0) is 60.7 Å². The van der Waals surface area contributed by atoms with Crippen LogP contribution < -0.4 is 9.04 Å². The van der Waals surface area contributed by atoms with E-state index in [0.29, 0.717) is 22.7 Å². The van der Waals surface area contributed by atoms with Gasteiger partial charge in [0, 0.05) is 24.1 Å². The average Bonchev–Trinajstić information content (AvgIpc) is 2.78. The van der Waals surface area contributed by atoms with Gasteiger partial charge in [0.15, 0.2) is 5.78 Å². The van der Waals surface area contributed by atoms with Crippen LogP contribution in [0.1, 0.15) is 34.1 Å². The van der Waals surface area contributed by atoms with Crippen molar-refractivity contribution in [2.75, 3.05) is 11.4 Å². The number of ketones is 1.